The zero-order valence-corrected chi connectivity index (χ0v) is 14.1. The lowest BCUT2D eigenvalue weighted by Crippen LogP contribution is -2.36. The van der Waals surface area contributed by atoms with Gasteiger partial charge in [0.25, 0.3) is 0 Å². The van der Waals surface area contributed by atoms with Crippen molar-refractivity contribution in [3.63, 3.8) is 0 Å². The number of carbonyl (C=O) groups excluding carboxylic acids is 2. The lowest BCUT2D eigenvalue weighted by Gasteiger charge is -2.18. The molecule has 0 saturated heterocycles. The van der Waals surface area contributed by atoms with Crippen LogP contribution >= 0.6 is 0 Å². The minimum Gasteiger partial charge on any atom is -0.336 e. The number of rotatable bonds is 5. The second-order valence-electron chi connectivity index (χ2n) is 5.87. The Hall–Kier alpha value is -2.69. The first-order chi connectivity index (χ1) is 11.4. The molecule has 0 aliphatic heterocycles. The van der Waals surface area contributed by atoms with Crippen LogP contribution in [0, 0.1) is 19.7 Å². The normalized spacial score (nSPS) is 10.3. The summed E-state index contributed by atoms with van der Waals surface area (Å²) in [5, 5.41) is 2.85. The topological polar surface area (TPSA) is 49.4 Å². The molecule has 0 fully saturated rings. The summed E-state index contributed by atoms with van der Waals surface area (Å²) < 4.78 is 12.9. The second-order valence-corrected chi connectivity index (χ2v) is 5.87. The molecule has 2 rings (SSSR count). The van der Waals surface area contributed by atoms with Crippen molar-refractivity contribution in [2.75, 3.05) is 18.9 Å². The van der Waals surface area contributed by atoms with Crippen LogP contribution in [0.3, 0.4) is 0 Å². The third-order valence-electron chi connectivity index (χ3n) is 3.82. The molecule has 0 unspecified atom stereocenters. The smallest absolute Gasteiger partial charge is 0.243 e. The maximum atomic E-state index is 12.9. The lowest BCUT2D eigenvalue weighted by atomic mass is 10.1. The first-order valence-corrected chi connectivity index (χ1v) is 7.71. The molecule has 0 aliphatic carbocycles. The molecule has 0 aromatic heterocycles. The zero-order chi connectivity index (χ0) is 17.7. The molecule has 126 valence electrons. The van der Waals surface area contributed by atoms with Crippen LogP contribution in [0.15, 0.2) is 42.5 Å². The van der Waals surface area contributed by atoms with Crippen molar-refractivity contribution in [2.24, 2.45) is 0 Å². The monoisotopic (exact) mass is 328 g/mol. The number of para-hydroxylation sites is 1. The maximum Gasteiger partial charge on any atom is 0.243 e. The van der Waals surface area contributed by atoms with Crippen LogP contribution in [-0.2, 0) is 16.0 Å². The van der Waals surface area contributed by atoms with E-state index < -0.39 is 0 Å². The van der Waals surface area contributed by atoms with Crippen LogP contribution < -0.4 is 5.32 Å². The first-order valence-electron chi connectivity index (χ1n) is 7.71. The van der Waals surface area contributed by atoms with E-state index in [1.807, 2.05) is 32.0 Å². The maximum absolute atomic E-state index is 12.9. The summed E-state index contributed by atoms with van der Waals surface area (Å²) in [5.41, 5.74) is 3.44. The van der Waals surface area contributed by atoms with Crippen molar-refractivity contribution in [1.29, 1.82) is 0 Å². The standard InChI is InChI=1S/C19H21FN2O2/c1-13-5-4-6-14(2)19(13)21-17(23)12-22(3)18(24)11-15-7-9-16(20)10-8-15/h4-10H,11-12H2,1-3H3,(H,21,23). The molecular formula is C19H21FN2O2. The first kappa shape index (κ1) is 17.7. The highest BCUT2D eigenvalue weighted by Crippen LogP contribution is 2.19. The van der Waals surface area contributed by atoms with Crippen molar-refractivity contribution >= 4 is 17.5 Å². The Morgan fingerprint density at radius 3 is 2.21 bits per heavy atom. The SMILES string of the molecule is Cc1cccc(C)c1NC(=O)CN(C)C(=O)Cc1ccc(F)cc1. The van der Waals surface area contributed by atoms with Crippen LogP contribution in [0.5, 0.6) is 0 Å². The molecule has 0 saturated carbocycles. The van der Waals surface area contributed by atoms with Crippen LogP contribution in [-0.4, -0.2) is 30.3 Å². The molecule has 4 nitrogen and oxygen atoms in total. The minimum atomic E-state index is -0.340. The number of aryl methyl sites for hydroxylation is 2. The molecular weight excluding hydrogens is 307 g/mol. The third kappa shape index (κ3) is 4.65. The number of likely N-dealkylation sites (N-methyl/N-ethyl adjacent to an activating group) is 1. The predicted octanol–water partition coefficient (Wildman–Crippen LogP) is 3.08. The largest absolute Gasteiger partial charge is 0.336 e. The van der Waals surface area contributed by atoms with Gasteiger partial charge in [-0.05, 0) is 42.7 Å². The summed E-state index contributed by atoms with van der Waals surface area (Å²) in [6.45, 7) is 3.81. The van der Waals surface area contributed by atoms with E-state index in [4.69, 9.17) is 0 Å². The molecule has 0 aliphatic rings. The summed E-state index contributed by atoms with van der Waals surface area (Å²) in [6.07, 6.45) is 0.132. The van der Waals surface area contributed by atoms with E-state index in [0.29, 0.717) is 5.56 Å². The van der Waals surface area contributed by atoms with Gasteiger partial charge in [-0.2, -0.15) is 0 Å². The number of halogens is 1. The fourth-order valence-corrected chi connectivity index (χ4v) is 2.41. The number of benzene rings is 2. The Morgan fingerprint density at radius 2 is 1.62 bits per heavy atom. The van der Waals surface area contributed by atoms with E-state index in [1.165, 1.54) is 17.0 Å². The van der Waals surface area contributed by atoms with Gasteiger partial charge in [-0.15, -0.1) is 0 Å². The lowest BCUT2D eigenvalue weighted by molar-refractivity contribution is -0.132. The van der Waals surface area contributed by atoms with Gasteiger partial charge >= 0.3 is 0 Å². The van der Waals surface area contributed by atoms with E-state index in [-0.39, 0.29) is 30.6 Å². The highest BCUT2D eigenvalue weighted by Gasteiger charge is 2.15. The average molecular weight is 328 g/mol. The summed E-state index contributed by atoms with van der Waals surface area (Å²) in [7, 11) is 1.58. The molecule has 2 amide bonds. The van der Waals surface area contributed by atoms with Crippen molar-refractivity contribution in [1.82, 2.24) is 4.90 Å². The van der Waals surface area contributed by atoms with Gasteiger partial charge in [0.2, 0.25) is 11.8 Å². The van der Waals surface area contributed by atoms with E-state index in [9.17, 15) is 14.0 Å². The Bertz CT molecular complexity index is 721. The number of nitrogens with zero attached hydrogens (tertiary/aromatic N) is 1. The number of amides is 2. The highest BCUT2D eigenvalue weighted by molar-refractivity contribution is 5.95. The van der Waals surface area contributed by atoms with Gasteiger partial charge < -0.3 is 10.2 Å². The fraction of sp³-hybridized carbons (Fsp3) is 0.263. The van der Waals surface area contributed by atoms with Crippen LogP contribution in [0.25, 0.3) is 0 Å². The molecule has 0 atom stereocenters. The van der Waals surface area contributed by atoms with Crippen molar-refractivity contribution < 1.29 is 14.0 Å². The Kier molecular flexibility index (Phi) is 5.68. The molecule has 2 aromatic rings. The van der Waals surface area contributed by atoms with Crippen LogP contribution in [0.4, 0.5) is 10.1 Å². The number of hydrogen-bond acceptors (Lipinski definition) is 2. The van der Waals surface area contributed by atoms with Gasteiger partial charge in [0.15, 0.2) is 0 Å². The van der Waals surface area contributed by atoms with E-state index in [0.717, 1.165) is 16.8 Å². The van der Waals surface area contributed by atoms with Crippen LogP contribution in [0.1, 0.15) is 16.7 Å². The minimum absolute atomic E-state index is 0.0339. The number of anilines is 1. The van der Waals surface area contributed by atoms with Gasteiger partial charge in [-0.25, -0.2) is 4.39 Å². The molecule has 0 bridgehead atoms. The summed E-state index contributed by atoms with van der Waals surface area (Å²) in [5.74, 6) is -0.784. The number of hydrogen-bond donors (Lipinski definition) is 1. The molecule has 5 heteroatoms. The average Bonchev–Trinajstić information content (AvgIpc) is 2.53. The van der Waals surface area contributed by atoms with E-state index in [2.05, 4.69) is 5.32 Å². The Labute approximate surface area is 141 Å². The molecule has 2 aromatic carbocycles. The second kappa shape index (κ2) is 7.73. The predicted molar refractivity (Wildman–Crippen MR) is 92.3 cm³/mol. The number of nitrogens with one attached hydrogen (secondary N) is 1. The molecule has 0 heterocycles. The fourth-order valence-electron chi connectivity index (χ4n) is 2.41. The van der Waals surface area contributed by atoms with Crippen molar-refractivity contribution in [3.8, 4) is 0 Å². The van der Waals surface area contributed by atoms with Gasteiger partial charge in [-0.1, -0.05) is 30.3 Å². The van der Waals surface area contributed by atoms with E-state index in [1.54, 1.807) is 19.2 Å². The zero-order valence-electron chi connectivity index (χ0n) is 14.1. The highest BCUT2D eigenvalue weighted by atomic mass is 19.1. The summed E-state index contributed by atoms with van der Waals surface area (Å²) in [6, 6.07) is 11.5. The molecule has 0 spiro atoms. The molecule has 1 N–H and O–H groups in total. The number of carbonyl (C=O) groups is 2. The van der Waals surface area contributed by atoms with Gasteiger partial charge in [0.1, 0.15) is 5.82 Å². The van der Waals surface area contributed by atoms with Gasteiger partial charge in [0.05, 0.1) is 13.0 Å². The Balaban J connectivity index is 1.93. The molecule has 24 heavy (non-hydrogen) atoms. The summed E-state index contributed by atoms with van der Waals surface area (Å²) in [4.78, 5) is 25.7. The van der Waals surface area contributed by atoms with E-state index >= 15 is 0 Å². The Morgan fingerprint density at radius 1 is 1.04 bits per heavy atom. The van der Waals surface area contributed by atoms with Crippen molar-refractivity contribution in [2.45, 2.75) is 20.3 Å². The van der Waals surface area contributed by atoms with Gasteiger partial charge in [0, 0.05) is 12.7 Å². The third-order valence-corrected chi connectivity index (χ3v) is 3.82. The van der Waals surface area contributed by atoms with Crippen molar-refractivity contribution in [3.05, 3.63) is 65.0 Å². The van der Waals surface area contributed by atoms with Crippen LogP contribution in [0.2, 0.25) is 0 Å². The van der Waals surface area contributed by atoms with Gasteiger partial charge in [-0.3, -0.25) is 9.59 Å². The molecule has 0 radical (unpaired) electrons. The quantitative estimate of drug-likeness (QED) is 0.917. The summed E-state index contributed by atoms with van der Waals surface area (Å²) >= 11 is 0.